The third-order valence-electron chi connectivity index (χ3n) is 6.34. The van der Waals surface area contributed by atoms with Gasteiger partial charge in [-0.1, -0.05) is 13.8 Å². The lowest BCUT2D eigenvalue weighted by Gasteiger charge is -2.28. The molecule has 1 aromatic heterocycles. The number of ether oxygens (including phenoxy) is 3. The molecule has 3 rings (SSSR count). The summed E-state index contributed by atoms with van der Waals surface area (Å²) in [6.45, 7) is 8.33. The van der Waals surface area contributed by atoms with E-state index in [-0.39, 0.29) is 29.7 Å². The first kappa shape index (κ1) is 25.0. The molecule has 33 heavy (non-hydrogen) atoms. The number of hydrogen-bond donors (Lipinski definition) is 3. The number of rotatable bonds is 10. The molecule has 2 amide bonds. The predicted octanol–water partition coefficient (Wildman–Crippen LogP) is 2.64. The number of carbonyl (C=O) groups is 2. The van der Waals surface area contributed by atoms with Crippen molar-refractivity contribution in [2.45, 2.75) is 76.5 Å². The van der Waals surface area contributed by atoms with Crippen molar-refractivity contribution in [3.63, 3.8) is 0 Å². The van der Waals surface area contributed by atoms with Gasteiger partial charge in [0.1, 0.15) is 5.56 Å². The third kappa shape index (κ3) is 5.86. The molecule has 10 nitrogen and oxygen atoms in total. The van der Waals surface area contributed by atoms with Crippen molar-refractivity contribution >= 4 is 18.2 Å². The molecule has 0 aliphatic heterocycles. The maximum absolute atomic E-state index is 13.3. The lowest BCUT2D eigenvalue weighted by atomic mass is 9.92. The number of alkyl carbamates (subject to hydrolysis) is 1. The maximum atomic E-state index is 13.3. The predicted molar refractivity (Wildman–Crippen MR) is 124 cm³/mol. The highest BCUT2D eigenvalue weighted by Crippen LogP contribution is 2.52. The Hall–Kier alpha value is -2.59. The molecule has 10 heteroatoms. The number of fused-ring (bicyclic) bond motifs is 2. The summed E-state index contributed by atoms with van der Waals surface area (Å²) in [5.74, 6) is 0.414. The van der Waals surface area contributed by atoms with E-state index in [2.05, 4.69) is 20.5 Å². The molecule has 1 aromatic rings. The first-order valence-electron chi connectivity index (χ1n) is 11.4. The van der Waals surface area contributed by atoms with Crippen molar-refractivity contribution in [3.05, 3.63) is 17.8 Å². The van der Waals surface area contributed by atoms with E-state index in [1.807, 2.05) is 27.7 Å². The van der Waals surface area contributed by atoms with Gasteiger partial charge >= 0.3 is 6.09 Å². The van der Waals surface area contributed by atoms with Crippen molar-refractivity contribution < 1.29 is 23.8 Å². The smallest absolute Gasteiger partial charge is 0.407 e. The molecule has 2 aliphatic carbocycles. The SMILES string of the molecule is COC(=O)NC(C)(C)/C=C/n1ncc(C(=O)NC23CCC(OCN)(CC2)C3)c1OCC(C)C. The molecular formula is C23H37N5O5. The van der Waals surface area contributed by atoms with E-state index in [4.69, 9.17) is 15.2 Å². The van der Waals surface area contributed by atoms with E-state index in [0.29, 0.717) is 18.1 Å². The molecule has 0 saturated heterocycles. The van der Waals surface area contributed by atoms with Gasteiger partial charge in [-0.15, -0.1) is 0 Å². The lowest BCUT2D eigenvalue weighted by Crippen LogP contribution is -2.45. The Morgan fingerprint density at radius 2 is 2.00 bits per heavy atom. The van der Waals surface area contributed by atoms with Crippen LogP contribution in [0.5, 0.6) is 5.88 Å². The van der Waals surface area contributed by atoms with Gasteiger partial charge in [0, 0.05) is 11.7 Å². The van der Waals surface area contributed by atoms with Gasteiger partial charge in [0.25, 0.3) is 5.91 Å². The van der Waals surface area contributed by atoms with Crippen LogP contribution in [0.15, 0.2) is 12.3 Å². The first-order valence-corrected chi connectivity index (χ1v) is 11.4. The molecule has 0 unspecified atom stereocenters. The Morgan fingerprint density at radius 1 is 1.30 bits per heavy atom. The Bertz CT molecular complexity index is 884. The van der Waals surface area contributed by atoms with Gasteiger partial charge in [-0.25, -0.2) is 9.48 Å². The molecule has 0 aromatic carbocycles. The number of amides is 2. The van der Waals surface area contributed by atoms with Crippen molar-refractivity contribution in [1.29, 1.82) is 0 Å². The van der Waals surface area contributed by atoms with Gasteiger partial charge < -0.3 is 30.6 Å². The molecule has 184 valence electrons. The normalized spacial score (nSPS) is 24.5. The van der Waals surface area contributed by atoms with Gasteiger partial charge in [0.05, 0.1) is 37.8 Å². The van der Waals surface area contributed by atoms with Crippen molar-refractivity contribution in [3.8, 4) is 5.88 Å². The maximum Gasteiger partial charge on any atom is 0.407 e. The Morgan fingerprint density at radius 3 is 2.61 bits per heavy atom. The third-order valence-corrected chi connectivity index (χ3v) is 6.34. The number of carbonyl (C=O) groups excluding carboxylic acids is 2. The minimum absolute atomic E-state index is 0.192. The molecule has 2 bridgehead atoms. The van der Waals surface area contributed by atoms with E-state index in [9.17, 15) is 9.59 Å². The minimum atomic E-state index is -0.699. The van der Waals surface area contributed by atoms with E-state index in [0.717, 1.165) is 32.1 Å². The van der Waals surface area contributed by atoms with Gasteiger partial charge in [0.15, 0.2) is 0 Å². The van der Waals surface area contributed by atoms with Crippen LogP contribution in [0.2, 0.25) is 0 Å². The molecule has 0 radical (unpaired) electrons. The topological polar surface area (TPSA) is 130 Å². The average molecular weight is 464 g/mol. The quantitative estimate of drug-likeness (QED) is 0.455. The molecule has 2 aliphatic rings. The Balaban J connectivity index is 1.79. The van der Waals surface area contributed by atoms with Crippen molar-refractivity contribution in [2.75, 3.05) is 20.4 Å². The summed E-state index contributed by atoms with van der Waals surface area (Å²) in [5.41, 5.74) is 4.79. The number of aromatic nitrogens is 2. The van der Waals surface area contributed by atoms with Crippen LogP contribution in [0.3, 0.4) is 0 Å². The number of nitrogens with two attached hydrogens (primary N) is 1. The summed E-state index contributed by atoms with van der Waals surface area (Å²) in [4.78, 5) is 24.9. The van der Waals surface area contributed by atoms with Crippen molar-refractivity contribution in [2.24, 2.45) is 11.7 Å². The number of hydrogen-bond acceptors (Lipinski definition) is 7. The fourth-order valence-electron chi connectivity index (χ4n) is 4.62. The summed E-state index contributed by atoms with van der Waals surface area (Å²) in [7, 11) is 1.31. The monoisotopic (exact) mass is 463 g/mol. The summed E-state index contributed by atoms with van der Waals surface area (Å²) in [5, 5.41) is 10.3. The largest absolute Gasteiger partial charge is 0.477 e. The number of methoxy groups -OCH3 is 1. The highest BCUT2D eigenvalue weighted by molar-refractivity contribution is 5.97. The zero-order chi connectivity index (χ0) is 24.3. The molecule has 2 saturated carbocycles. The minimum Gasteiger partial charge on any atom is -0.477 e. The standard InChI is InChI=1S/C23H37N5O5/c1-16(2)13-32-19-17(12-25-28(19)11-10-21(3,4)27-20(30)31-5)18(29)26-22-6-8-23(14-22,9-7-22)33-15-24/h10-12,16H,6-9,13-15,24H2,1-5H3,(H,26,29)(H,27,30)/b11-10+. The summed E-state index contributed by atoms with van der Waals surface area (Å²) in [6.07, 6.45) is 8.69. The zero-order valence-electron chi connectivity index (χ0n) is 20.3. The van der Waals surface area contributed by atoms with Crippen LogP contribution in [-0.4, -0.2) is 58.9 Å². The first-order chi connectivity index (χ1) is 15.5. The van der Waals surface area contributed by atoms with E-state index in [1.54, 1.807) is 12.3 Å². The highest BCUT2D eigenvalue weighted by Gasteiger charge is 2.55. The van der Waals surface area contributed by atoms with Crippen LogP contribution >= 0.6 is 0 Å². The summed E-state index contributed by atoms with van der Waals surface area (Å²) in [6, 6.07) is 0. The summed E-state index contributed by atoms with van der Waals surface area (Å²) < 4.78 is 18.0. The average Bonchev–Trinajstić information content (AvgIpc) is 3.41. The zero-order valence-corrected chi connectivity index (χ0v) is 20.3. The van der Waals surface area contributed by atoms with Crippen LogP contribution in [0.1, 0.15) is 70.2 Å². The molecule has 4 N–H and O–H groups in total. The van der Waals surface area contributed by atoms with Crippen LogP contribution in [-0.2, 0) is 9.47 Å². The fourth-order valence-corrected chi connectivity index (χ4v) is 4.62. The van der Waals surface area contributed by atoms with E-state index in [1.165, 1.54) is 18.0 Å². The van der Waals surface area contributed by atoms with Crippen LogP contribution in [0.25, 0.3) is 6.20 Å². The van der Waals surface area contributed by atoms with Crippen LogP contribution < -0.4 is 21.1 Å². The summed E-state index contributed by atoms with van der Waals surface area (Å²) >= 11 is 0. The molecule has 1 heterocycles. The second kappa shape index (κ2) is 9.72. The van der Waals surface area contributed by atoms with Gasteiger partial charge in [0.2, 0.25) is 5.88 Å². The number of nitrogens with zero attached hydrogens (tertiary/aromatic N) is 2. The van der Waals surface area contributed by atoms with Crippen LogP contribution in [0, 0.1) is 5.92 Å². The fraction of sp³-hybridized carbons (Fsp3) is 0.696. The Labute approximate surface area is 195 Å². The van der Waals surface area contributed by atoms with E-state index < -0.39 is 11.6 Å². The van der Waals surface area contributed by atoms with E-state index >= 15 is 0 Å². The Kier molecular flexibility index (Phi) is 7.38. The van der Waals surface area contributed by atoms with Crippen LogP contribution in [0.4, 0.5) is 4.79 Å². The second-order valence-electron chi connectivity index (χ2n) is 10.1. The lowest BCUT2D eigenvalue weighted by molar-refractivity contribution is -0.0340. The highest BCUT2D eigenvalue weighted by atomic mass is 16.5. The molecule has 0 atom stereocenters. The second-order valence-corrected chi connectivity index (χ2v) is 10.1. The van der Waals surface area contributed by atoms with Gasteiger partial charge in [-0.3, -0.25) is 4.79 Å². The molecule has 0 spiro atoms. The van der Waals surface area contributed by atoms with Crippen molar-refractivity contribution in [1.82, 2.24) is 20.4 Å². The van der Waals surface area contributed by atoms with Gasteiger partial charge in [-0.05, 0) is 57.9 Å². The van der Waals surface area contributed by atoms with Gasteiger partial charge in [-0.2, -0.15) is 5.10 Å². The number of nitrogens with one attached hydrogen (secondary N) is 2. The molecule has 2 fully saturated rings. The molecular weight excluding hydrogens is 426 g/mol.